The normalized spacial score (nSPS) is 10.9. The number of esters is 2. The van der Waals surface area contributed by atoms with Gasteiger partial charge in [0.1, 0.15) is 5.60 Å². The first-order valence-corrected chi connectivity index (χ1v) is 6.21. The van der Waals surface area contributed by atoms with Crippen molar-refractivity contribution in [2.75, 3.05) is 7.11 Å². The molecule has 1 rings (SSSR count). The van der Waals surface area contributed by atoms with Crippen LogP contribution in [0.4, 0.5) is 0 Å². The molecule has 0 radical (unpaired) electrons. The Morgan fingerprint density at radius 3 is 2.16 bits per heavy atom. The highest BCUT2D eigenvalue weighted by atomic mass is 16.6. The van der Waals surface area contributed by atoms with Crippen LogP contribution < -0.4 is 0 Å². The fourth-order valence-corrected chi connectivity index (χ4v) is 1.56. The van der Waals surface area contributed by atoms with Gasteiger partial charge in [0.25, 0.3) is 0 Å². The van der Waals surface area contributed by atoms with E-state index in [1.807, 2.05) is 32.9 Å². The van der Waals surface area contributed by atoms with E-state index >= 15 is 0 Å². The SMILES string of the molecule is COC(=O)c1ccc(CCC(=O)OC(C)(C)C)cc1. The molecule has 104 valence electrons. The average Bonchev–Trinajstić information content (AvgIpc) is 2.34. The minimum atomic E-state index is -0.453. The Kier molecular flexibility index (Phi) is 5.10. The van der Waals surface area contributed by atoms with Gasteiger partial charge in [-0.15, -0.1) is 0 Å². The van der Waals surface area contributed by atoms with Crippen LogP contribution in [-0.4, -0.2) is 24.6 Å². The minimum Gasteiger partial charge on any atom is -0.465 e. The molecule has 0 saturated carbocycles. The van der Waals surface area contributed by atoms with Crippen molar-refractivity contribution in [1.82, 2.24) is 0 Å². The zero-order chi connectivity index (χ0) is 14.5. The number of aryl methyl sites for hydroxylation is 1. The molecule has 0 heterocycles. The topological polar surface area (TPSA) is 52.6 Å². The smallest absolute Gasteiger partial charge is 0.337 e. The molecule has 4 nitrogen and oxygen atoms in total. The molecule has 0 saturated heterocycles. The second-order valence-electron chi connectivity index (χ2n) is 5.27. The third-order valence-electron chi connectivity index (χ3n) is 2.41. The summed E-state index contributed by atoms with van der Waals surface area (Å²) in [6.45, 7) is 5.53. The number of hydrogen-bond acceptors (Lipinski definition) is 4. The van der Waals surface area contributed by atoms with Gasteiger partial charge in [-0.1, -0.05) is 12.1 Å². The monoisotopic (exact) mass is 264 g/mol. The molecule has 0 spiro atoms. The van der Waals surface area contributed by atoms with Crippen molar-refractivity contribution in [2.24, 2.45) is 0 Å². The lowest BCUT2D eigenvalue weighted by Gasteiger charge is -2.19. The maximum atomic E-state index is 11.6. The van der Waals surface area contributed by atoms with Crippen molar-refractivity contribution in [3.63, 3.8) is 0 Å². The van der Waals surface area contributed by atoms with E-state index in [2.05, 4.69) is 4.74 Å². The lowest BCUT2D eigenvalue weighted by molar-refractivity contribution is -0.154. The van der Waals surface area contributed by atoms with Gasteiger partial charge in [-0.25, -0.2) is 4.79 Å². The molecule has 1 aromatic rings. The fraction of sp³-hybridized carbons (Fsp3) is 0.467. The van der Waals surface area contributed by atoms with Gasteiger partial charge in [-0.05, 0) is 44.9 Å². The quantitative estimate of drug-likeness (QED) is 0.785. The van der Waals surface area contributed by atoms with E-state index in [0.717, 1.165) is 5.56 Å². The molecule has 0 N–H and O–H groups in total. The second kappa shape index (κ2) is 6.36. The standard InChI is InChI=1S/C15H20O4/c1-15(2,3)19-13(16)10-7-11-5-8-12(9-6-11)14(17)18-4/h5-6,8-9H,7,10H2,1-4H3. The Balaban J connectivity index is 2.50. The molecular weight excluding hydrogens is 244 g/mol. The van der Waals surface area contributed by atoms with E-state index in [1.165, 1.54) is 7.11 Å². The summed E-state index contributed by atoms with van der Waals surface area (Å²) in [5, 5.41) is 0. The summed E-state index contributed by atoms with van der Waals surface area (Å²) >= 11 is 0. The molecule has 0 aliphatic carbocycles. The van der Waals surface area contributed by atoms with Crippen LogP contribution in [0.25, 0.3) is 0 Å². The number of carbonyl (C=O) groups is 2. The number of rotatable bonds is 4. The van der Waals surface area contributed by atoms with Gasteiger partial charge in [0.05, 0.1) is 12.7 Å². The van der Waals surface area contributed by atoms with E-state index < -0.39 is 5.60 Å². The molecule has 4 heteroatoms. The third kappa shape index (κ3) is 5.55. The number of methoxy groups -OCH3 is 1. The molecule has 0 amide bonds. The van der Waals surface area contributed by atoms with E-state index in [4.69, 9.17) is 4.74 Å². The number of benzene rings is 1. The number of hydrogen-bond donors (Lipinski definition) is 0. The van der Waals surface area contributed by atoms with E-state index in [-0.39, 0.29) is 11.9 Å². The molecule has 0 aliphatic heterocycles. The third-order valence-corrected chi connectivity index (χ3v) is 2.41. The summed E-state index contributed by atoms with van der Waals surface area (Å²) in [6, 6.07) is 7.01. The summed E-state index contributed by atoms with van der Waals surface area (Å²) in [7, 11) is 1.35. The highest BCUT2D eigenvalue weighted by Crippen LogP contribution is 2.11. The van der Waals surface area contributed by atoms with Crippen molar-refractivity contribution in [3.8, 4) is 0 Å². The molecule has 19 heavy (non-hydrogen) atoms. The van der Waals surface area contributed by atoms with Crippen molar-refractivity contribution in [3.05, 3.63) is 35.4 Å². The Labute approximate surface area is 113 Å². The summed E-state index contributed by atoms with van der Waals surface area (Å²) in [4.78, 5) is 22.8. The highest BCUT2D eigenvalue weighted by molar-refractivity contribution is 5.89. The Hall–Kier alpha value is -1.84. The highest BCUT2D eigenvalue weighted by Gasteiger charge is 2.15. The van der Waals surface area contributed by atoms with Crippen LogP contribution in [0.1, 0.15) is 43.1 Å². The maximum absolute atomic E-state index is 11.6. The predicted molar refractivity (Wildman–Crippen MR) is 71.9 cm³/mol. The Morgan fingerprint density at radius 2 is 1.68 bits per heavy atom. The van der Waals surface area contributed by atoms with Crippen LogP contribution in [0.15, 0.2) is 24.3 Å². The van der Waals surface area contributed by atoms with E-state index in [0.29, 0.717) is 18.4 Å². The Bertz CT molecular complexity index is 440. The van der Waals surface area contributed by atoms with Gasteiger partial charge in [0.2, 0.25) is 0 Å². The van der Waals surface area contributed by atoms with E-state index in [1.54, 1.807) is 12.1 Å². The minimum absolute atomic E-state index is 0.218. The van der Waals surface area contributed by atoms with Crippen molar-refractivity contribution in [2.45, 2.75) is 39.2 Å². The van der Waals surface area contributed by atoms with Crippen LogP contribution in [0, 0.1) is 0 Å². The molecule has 1 aromatic carbocycles. The van der Waals surface area contributed by atoms with E-state index in [9.17, 15) is 9.59 Å². The van der Waals surface area contributed by atoms with Crippen LogP contribution >= 0.6 is 0 Å². The summed E-state index contributed by atoms with van der Waals surface area (Å²) in [5.74, 6) is -0.580. The molecule has 0 aliphatic rings. The lowest BCUT2D eigenvalue weighted by atomic mass is 10.1. The van der Waals surface area contributed by atoms with Crippen molar-refractivity contribution >= 4 is 11.9 Å². The molecule has 0 bridgehead atoms. The maximum Gasteiger partial charge on any atom is 0.337 e. The van der Waals surface area contributed by atoms with Gasteiger partial charge in [-0.3, -0.25) is 4.79 Å². The molecule has 0 aromatic heterocycles. The molecule has 0 atom stereocenters. The molecule has 0 unspecified atom stereocenters. The van der Waals surface area contributed by atoms with Crippen LogP contribution in [0.3, 0.4) is 0 Å². The summed E-state index contributed by atoms with van der Waals surface area (Å²) < 4.78 is 9.84. The Morgan fingerprint density at radius 1 is 1.11 bits per heavy atom. The van der Waals surface area contributed by atoms with Crippen LogP contribution in [0.2, 0.25) is 0 Å². The summed E-state index contributed by atoms with van der Waals surface area (Å²) in [6.07, 6.45) is 0.922. The summed E-state index contributed by atoms with van der Waals surface area (Å²) in [5.41, 5.74) is 1.04. The number of carbonyl (C=O) groups excluding carboxylic acids is 2. The lowest BCUT2D eigenvalue weighted by Crippen LogP contribution is -2.24. The van der Waals surface area contributed by atoms with Crippen LogP contribution in [0.5, 0.6) is 0 Å². The second-order valence-corrected chi connectivity index (χ2v) is 5.27. The molecule has 0 fully saturated rings. The average molecular weight is 264 g/mol. The van der Waals surface area contributed by atoms with Gasteiger partial charge in [0, 0.05) is 6.42 Å². The van der Waals surface area contributed by atoms with Crippen molar-refractivity contribution < 1.29 is 19.1 Å². The van der Waals surface area contributed by atoms with Gasteiger partial charge < -0.3 is 9.47 Å². The molecular formula is C15H20O4. The fourth-order valence-electron chi connectivity index (χ4n) is 1.56. The first-order valence-electron chi connectivity index (χ1n) is 6.21. The first-order chi connectivity index (χ1) is 8.81. The van der Waals surface area contributed by atoms with Gasteiger partial charge in [-0.2, -0.15) is 0 Å². The largest absolute Gasteiger partial charge is 0.465 e. The van der Waals surface area contributed by atoms with Gasteiger partial charge >= 0.3 is 11.9 Å². The predicted octanol–water partition coefficient (Wildman–Crippen LogP) is 2.75. The van der Waals surface area contributed by atoms with Crippen molar-refractivity contribution in [1.29, 1.82) is 0 Å². The first kappa shape index (κ1) is 15.2. The van der Waals surface area contributed by atoms with Crippen LogP contribution in [-0.2, 0) is 20.7 Å². The van der Waals surface area contributed by atoms with Gasteiger partial charge in [0.15, 0.2) is 0 Å². The number of ether oxygens (including phenoxy) is 2. The zero-order valence-corrected chi connectivity index (χ0v) is 11.9. The zero-order valence-electron chi connectivity index (χ0n) is 11.9.